The predicted octanol–water partition coefficient (Wildman–Crippen LogP) is 3.11. The molecule has 1 aliphatic heterocycles. The van der Waals surface area contributed by atoms with Crippen molar-refractivity contribution in [1.82, 2.24) is 15.5 Å². The zero-order valence-corrected chi connectivity index (χ0v) is 23.6. The van der Waals surface area contributed by atoms with Gasteiger partial charge in [-0.2, -0.15) is 0 Å². The number of alkyl carbamates (subject to hydrolysis) is 1. The largest absolute Gasteiger partial charge is 0.462 e. The van der Waals surface area contributed by atoms with E-state index in [-0.39, 0.29) is 56.4 Å². The summed E-state index contributed by atoms with van der Waals surface area (Å²) in [6.45, 7) is 11.5. The van der Waals surface area contributed by atoms with Gasteiger partial charge in [0.2, 0.25) is 11.8 Å². The standard InChI is InChI=1S/C30H43N3O7/c1-5-11-23(17-27(35)33-16-10-15-24(33)18-34)28(36)31-26(21(3)4)20-39-29(37)25(12-6-2)32-30(38)40-19-22-13-8-7-9-14-22/h5-9,13-14,21,23-26,34H,1-2,10-12,15-20H2,3-4H3,(H,31,36)(H,32,38). The molecule has 4 atom stereocenters. The van der Waals surface area contributed by atoms with Crippen LogP contribution in [0.3, 0.4) is 0 Å². The predicted molar refractivity (Wildman–Crippen MR) is 151 cm³/mol. The summed E-state index contributed by atoms with van der Waals surface area (Å²) in [7, 11) is 0. The van der Waals surface area contributed by atoms with Crippen LogP contribution in [0, 0.1) is 11.8 Å². The number of nitrogens with one attached hydrogen (secondary N) is 2. The van der Waals surface area contributed by atoms with Gasteiger partial charge in [0.1, 0.15) is 19.3 Å². The van der Waals surface area contributed by atoms with Gasteiger partial charge in [-0.3, -0.25) is 9.59 Å². The minimum absolute atomic E-state index is 0.00459. The van der Waals surface area contributed by atoms with Crippen LogP contribution in [0.4, 0.5) is 4.79 Å². The molecule has 4 unspecified atom stereocenters. The minimum atomic E-state index is -1.00. The van der Waals surface area contributed by atoms with Crippen molar-refractivity contribution < 1.29 is 33.8 Å². The first-order chi connectivity index (χ1) is 19.2. The minimum Gasteiger partial charge on any atom is -0.462 e. The van der Waals surface area contributed by atoms with Crippen molar-refractivity contribution in [3.63, 3.8) is 0 Å². The Kier molecular flexibility index (Phi) is 13.9. The van der Waals surface area contributed by atoms with Gasteiger partial charge in [0.05, 0.1) is 24.6 Å². The van der Waals surface area contributed by atoms with Gasteiger partial charge in [0, 0.05) is 13.0 Å². The molecule has 0 spiro atoms. The first-order valence-corrected chi connectivity index (χ1v) is 13.8. The maximum absolute atomic E-state index is 13.2. The van der Waals surface area contributed by atoms with Crippen molar-refractivity contribution in [2.75, 3.05) is 19.8 Å². The fourth-order valence-corrected chi connectivity index (χ4v) is 4.43. The highest BCUT2D eigenvalue weighted by Gasteiger charge is 2.32. The van der Waals surface area contributed by atoms with Gasteiger partial charge in [0.15, 0.2) is 0 Å². The molecule has 0 bridgehead atoms. The Morgan fingerprint density at radius 1 is 1.07 bits per heavy atom. The first-order valence-electron chi connectivity index (χ1n) is 13.8. The zero-order chi connectivity index (χ0) is 29.5. The number of aliphatic hydroxyl groups is 1. The summed E-state index contributed by atoms with van der Waals surface area (Å²) in [5.74, 6) is -1.93. The number of carbonyl (C=O) groups excluding carboxylic acids is 4. The van der Waals surface area contributed by atoms with Crippen LogP contribution in [0.25, 0.3) is 0 Å². The van der Waals surface area contributed by atoms with Crippen molar-refractivity contribution in [3.8, 4) is 0 Å². The molecule has 1 aromatic rings. The lowest BCUT2D eigenvalue weighted by atomic mass is 9.97. The van der Waals surface area contributed by atoms with E-state index in [9.17, 15) is 24.3 Å². The number of hydrogen-bond donors (Lipinski definition) is 3. The van der Waals surface area contributed by atoms with Crippen LogP contribution >= 0.6 is 0 Å². The molecule has 40 heavy (non-hydrogen) atoms. The van der Waals surface area contributed by atoms with Gasteiger partial charge in [-0.1, -0.05) is 56.3 Å². The van der Waals surface area contributed by atoms with Crippen LogP contribution in [0.5, 0.6) is 0 Å². The number of allylic oxidation sites excluding steroid dienone is 1. The van der Waals surface area contributed by atoms with E-state index in [0.717, 1.165) is 18.4 Å². The molecule has 0 aromatic heterocycles. The van der Waals surface area contributed by atoms with Gasteiger partial charge in [-0.05, 0) is 37.2 Å². The summed E-state index contributed by atoms with van der Waals surface area (Å²) in [6.07, 6.45) is 4.32. The van der Waals surface area contributed by atoms with E-state index >= 15 is 0 Å². The second kappa shape index (κ2) is 17.1. The van der Waals surface area contributed by atoms with Gasteiger partial charge in [-0.25, -0.2) is 9.59 Å². The molecule has 1 saturated heterocycles. The van der Waals surface area contributed by atoms with E-state index < -0.39 is 30.1 Å². The van der Waals surface area contributed by atoms with Crippen LogP contribution < -0.4 is 10.6 Å². The molecule has 1 aliphatic rings. The summed E-state index contributed by atoms with van der Waals surface area (Å²) in [4.78, 5) is 52.7. The number of esters is 1. The maximum atomic E-state index is 13.2. The van der Waals surface area contributed by atoms with Crippen molar-refractivity contribution in [1.29, 1.82) is 0 Å². The topological polar surface area (TPSA) is 134 Å². The lowest BCUT2D eigenvalue weighted by Gasteiger charge is -2.27. The highest BCUT2D eigenvalue weighted by molar-refractivity contribution is 5.86. The molecule has 0 radical (unpaired) electrons. The number of amides is 3. The smallest absolute Gasteiger partial charge is 0.408 e. The number of rotatable bonds is 16. The van der Waals surface area contributed by atoms with Gasteiger partial charge in [0.25, 0.3) is 0 Å². The molecular weight excluding hydrogens is 514 g/mol. The molecule has 1 aromatic carbocycles. The molecule has 10 nitrogen and oxygen atoms in total. The number of aliphatic hydroxyl groups excluding tert-OH is 1. The number of likely N-dealkylation sites (tertiary alicyclic amines) is 1. The van der Waals surface area contributed by atoms with E-state index in [1.54, 1.807) is 11.0 Å². The molecule has 3 amide bonds. The van der Waals surface area contributed by atoms with Crippen molar-refractivity contribution in [2.24, 2.45) is 11.8 Å². The van der Waals surface area contributed by atoms with Crippen LogP contribution in [-0.4, -0.2) is 71.8 Å². The monoisotopic (exact) mass is 557 g/mol. The average Bonchev–Trinajstić information content (AvgIpc) is 3.43. The molecule has 10 heteroatoms. The molecule has 220 valence electrons. The number of carbonyl (C=O) groups is 4. The summed E-state index contributed by atoms with van der Waals surface area (Å²) < 4.78 is 10.7. The van der Waals surface area contributed by atoms with E-state index in [1.807, 2.05) is 44.2 Å². The molecule has 2 rings (SSSR count). The average molecular weight is 558 g/mol. The zero-order valence-electron chi connectivity index (χ0n) is 23.6. The normalized spacial score (nSPS) is 16.9. The third-order valence-electron chi connectivity index (χ3n) is 6.88. The van der Waals surface area contributed by atoms with Crippen LogP contribution in [0.1, 0.15) is 51.5 Å². The van der Waals surface area contributed by atoms with Crippen LogP contribution in [0.15, 0.2) is 55.6 Å². The highest BCUT2D eigenvalue weighted by Crippen LogP contribution is 2.21. The third-order valence-corrected chi connectivity index (χ3v) is 6.88. The van der Waals surface area contributed by atoms with Gasteiger partial charge in [-0.15, -0.1) is 13.2 Å². The third kappa shape index (κ3) is 10.5. The highest BCUT2D eigenvalue weighted by atomic mass is 16.6. The Hall–Kier alpha value is -3.66. The fraction of sp³-hybridized carbons (Fsp3) is 0.533. The second-order valence-corrected chi connectivity index (χ2v) is 10.3. The Balaban J connectivity index is 1.93. The lowest BCUT2D eigenvalue weighted by molar-refractivity contribution is -0.148. The van der Waals surface area contributed by atoms with Crippen molar-refractivity contribution in [3.05, 3.63) is 61.2 Å². The Bertz CT molecular complexity index is 998. The Morgan fingerprint density at radius 2 is 1.77 bits per heavy atom. The second-order valence-electron chi connectivity index (χ2n) is 10.3. The number of benzene rings is 1. The van der Waals surface area contributed by atoms with E-state index in [2.05, 4.69) is 23.8 Å². The summed E-state index contributed by atoms with van der Waals surface area (Å²) >= 11 is 0. The quantitative estimate of drug-likeness (QED) is 0.210. The number of hydrogen-bond acceptors (Lipinski definition) is 7. The first kappa shape index (κ1) is 32.6. The van der Waals surface area contributed by atoms with Crippen molar-refractivity contribution >= 4 is 23.9 Å². The SMILES string of the molecule is C=CCC(CC(=O)N1CCCC1CO)C(=O)NC(COC(=O)C(CC=C)NC(=O)OCc1ccccc1)C(C)C. The molecular formula is C30H43N3O7. The summed E-state index contributed by atoms with van der Waals surface area (Å²) in [6, 6.07) is 7.41. The van der Waals surface area contributed by atoms with Crippen LogP contribution in [0.2, 0.25) is 0 Å². The lowest BCUT2D eigenvalue weighted by Crippen LogP contribution is -2.48. The fourth-order valence-electron chi connectivity index (χ4n) is 4.43. The van der Waals surface area contributed by atoms with E-state index in [4.69, 9.17) is 9.47 Å². The Labute approximate surface area is 236 Å². The maximum Gasteiger partial charge on any atom is 0.408 e. The van der Waals surface area contributed by atoms with Gasteiger partial charge >= 0.3 is 12.1 Å². The van der Waals surface area contributed by atoms with Crippen LogP contribution in [-0.2, 0) is 30.5 Å². The molecule has 1 fully saturated rings. The molecule has 1 heterocycles. The summed E-state index contributed by atoms with van der Waals surface area (Å²) in [5, 5.41) is 15.0. The van der Waals surface area contributed by atoms with E-state index in [0.29, 0.717) is 13.0 Å². The molecule has 0 aliphatic carbocycles. The summed E-state index contributed by atoms with van der Waals surface area (Å²) in [5.41, 5.74) is 0.807. The number of nitrogens with zero attached hydrogens (tertiary/aromatic N) is 1. The van der Waals surface area contributed by atoms with E-state index in [1.165, 1.54) is 6.08 Å². The molecule has 0 saturated carbocycles. The molecule has 3 N–H and O–H groups in total. The van der Waals surface area contributed by atoms with Gasteiger partial charge < -0.3 is 30.1 Å². The Morgan fingerprint density at radius 3 is 2.40 bits per heavy atom. The number of ether oxygens (including phenoxy) is 2. The van der Waals surface area contributed by atoms with Crippen molar-refractivity contribution in [2.45, 2.75) is 70.7 Å².